The minimum Gasteiger partial charge on any atom is -0.348 e. The number of carbonyl (C=O) groups excluding carboxylic acids is 1. The standard InChI is InChI=1S/C10H11N5O2/c1-2-3-13-9(16)10-14-8(15-17-10)7-6-11-4-5-12-7/h4-6H,2-3H2,1H3,(H,13,16). The maximum Gasteiger partial charge on any atom is 0.316 e. The fraction of sp³-hybridized carbons (Fsp3) is 0.300. The van der Waals surface area contributed by atoms with Crippen LogP contribution in [0, 0.1) is 0 Å². The van der Waals surface area contributed by atoms with Crippen LogP contribution in [0.1, 0.15) is 24.0 Å². The van der Waals surface area contributed by atoms with Gasteiger partial charge in [-0.25, -0.2) is 4.98 Å². The molecule has 7 heteroatoms. The van der Waals surface area contributed by atoms with E-state index in [1.807, 2.05) is 6.92 Å². The first kappa shape index (κ1) is 11.2. The van der Waals surface area contributed by atoms with Crippen LogP contribution in [0.25, 0.3) is 11.5 Å². The van der Waals surface area contributed by atoms with Gasteiger partial charge in [0.25, 0.3) is 0 Å². The van der Waals surface area contributed by atoms with Crippen molar-refractivity contribution in [1.82, 2.24) is 25.4 Å². The van der Waals surface area contributed by atoms with E-state index in [2.05, 4.69) is 25.4 Å². The zero-order chi connectivity index (χ0) is 12.1. The Morgan fingerprint density at radius 2 is 2.35 bits per heavy atom. The van der Waals surface area contributed by atoms with Crippen molar-refractivity contribution in [3.8, 4) is 11.5 Å². The van der Waals surface area contributed by atoms with Gasteiger partial charge in [-0.05, 0) is 6.42 Å². The molecule has 0 atom stereocenters. The topological polar surface area (TPSA) is 93.8 Å². The average molecular weight is 233 g/mol. The van der Waals surface area contributed by atoms with E-state index >= 15 is 0 Å². The van der Waals surface area contributed by atoms with Crippen LogP contribution in [0.4, 0.5) is 0 Å². The second-order valence-corrected chi connectivity index (χ2v) is 3.27. The molecule has 0 aliphatic carbocycles. The number of aromatic nitrogens is 4. The van der Waals surface area contributed by atoms with Gasteiger partial charge in [0.2, 0.25) is 5.82 Å². The van der Waals surface area contributed by atoms with Crippen LogP contribution in [0.15, 0.2) is 23.1 Å². The summed E-state index contributed by atoms with van der Waals surface area (Å²) < 4.78 is 4.84. The monoisotopic (exact) mass is 233 g/mol. The summed E-state index contributed by atoms with van der Waals surface area (Å²) in [4.78, 5) is 23.3. The molecule has 0 fully saturated rings. The Bertz CT molecular complexity index is 496. The molecule has 0 bridgehead atoms. The molecule has 1 amide bonds. The van der Waals surface area contributed by atoms with Crippen molar-refractivity contribution in [3.63, 3.8) is 0 Å². The average Bonchev–Trinajstić information content (AvgIpc) is 2.86. The summed E-state index contributed by atoms with van der Waals surface area (Å²) in [5.74, 6) is -0.201. The Balaban J connectivity index is 2.14. The van der Waals surface area contributed by atoms with Crippen molar-refractivity contribution in [2.45, 2.75) is 13.3 Å². The quantitative estimate of drug-likeness (QED) is 0.833. The van der Waals surface area contributed by atoms with E-state index in [-0.39, 0.29) is 17.6 Å². The van der Waals surface area contributed by atoms with E-state index in [4.69, 9.17) is 4.52 Å². The zero-order valence-electron chi connectivity index (χ0n) is 9.25. The Labute approximate surface area is 97.3 Å². The number of carbonyl (C=O) groups is 1. The molecule has 17 heavy (non-hydrogen) atoms. The van der Waals surface area contributed by atoms with E-state index in [0.717, 1.165) is 6.42 Å². The Kier molecular flexibility index (Phi) is 3.39. The van der Waals surface area contributed by atoms with Gasteiger partial charge in [0.15, 0.2) is 0 Å². The molecule has 88 valence electrons. The summed E-state index contributed by atoms with van der Waals surface area (Å²) in [6, 6.07) is 0. The van der Waals surface area contributed by atoms with Gasteiger partial charge >= 0.3 is 11.8 Å². The van der Waals surface area contributed by atoms with Crippen molar-refractivity contribution >= 4 is 5.91 Å². The summed E-state index contributed by atoms with van der Waals surface area (Å²) in [5, 5.41) is 6.31. The fourth-order valence-electron chi connectivity index (χ4n) is 1.15. The molecule has 0 radical (unpaired) electrons. The highest BCUT2D eigenvalue weighted by Crippen LogP contribution is 2.10. The number of hydrogen-bond acceptors (Lipinski definition) is 6. The third-order valence-corrected chi connectivity index (χ3v) is 1.95. The van der Waals surface area contributed by atoms with E-state index in [9.17, 15) is 4.79 Å². The smallest absolute Gasteiger partial charge is 0.316 e. The molecule has 1 N–H and O–H groups in total. The van der Waals surface area contributed by atoms with Gasteiger partial charge in [-0.1, -0.05) is 12.1 Å². The molecule has 2 aromatic rings. The summed E-state index contributed by atoms with van der Waals surface area (Å²) in [7, 11) is 0. The van der Waals surface area contributed by atoms with Crippen LogP contribution >= 0.6 is 0 Å². The summed E-state index contributed by atoms with van der Waals surface area (Å²) in [6.45, 7) is 2.53. The van der Waals surface area contributed by atoms with Crippen LogP contribution in [-0.2, 0) is 0 Å². The maximum absolute atomic E-state index is 11.5. The first-order valence-corrected chi connectivity index (χ1v) is 5.19. The minimum absolute atomic E-state index is 0.0703. The number of nitrogens with one attached hydrogen (secondary N) is 1. The predicted molar refractivity (Wildman–Crippen MR) is 57.9 cm³/mol. The van der Waals surface area contributed by atoms with Gasteiger partial charge in [0, 0.05) is 18.9 Å². The second-order valence-electron chi connectivity index (χ2n) is 3.27. The third-order valence-electron chi connectivity index (χ3n) is 1.95. The van der Waals surface area contributed by atoms with Crippen LogP contribution in [0.5, 0.6) is 0 Å². The lowest BCUT2D eigenvalue weighted by Crippen LogP contribution is -2.24. The first-order valence-electron chi connectivity index (χ1n) is 5.19. The third kappa shape index (κ3) is 2.63. The Morgan fingerprint density at radius 3 is 3.06 bits per heavy atom. The molecule has 0 aliphatic rings. The second kappa shape index (κ2) is 5.15. The highest BCUT2D eigenvalue weighted by atomic mass is 16.5. The molecule has 2 aromatic heterocycles. The van der Waals surface area contributed by atoms with Gasteiger partial charge in [-0.3, -0.25) is 9.78 Å². The van der Waals surface area contributed by atoms with E-state index < -0.39 is 0 Å². The van der Waals surface area contributed by atoms with Crippen molar-refractivity contribution < 1.29 is 9.32 Å². The summed E-state index contributed by atoms with van der Waals surface area (Å²) in [6.07, 6.45) is 5.40. The fourth-order valence-corrected chi connectivity index (χ4v) is 1.15. The maximum atomic E-state index is 11.5. The van der Waals surface area contributed by atoms with Crippen LogP contribution in [0.2, 0.25) is 0 Å². The molecular weight excluding hydrogens is 222 g/mol. The highest BCUT2D eigenvalue weighted by Gasteiger charge is 2.15. The number of amides is 1. The van der Waals surface area contributed by atoms with Crippen molar-refractivity contribution in [3.05, 3.63) is 24.5 Å². The molecule has 0 unspecified atom stereocenters. The molecule has 2 heterocycles. The number of hydrogen-bond donors (Lipinski definition) is 1. The molecule has 0 saturated heterocycles. The van der Waals surface area contributed by atoms with Gasteiger partial charge in [0.1, 0.15) is 5.69 Å². The molecule has 0 saturated carbocycles. The van der Waals surface area contributed by atoms with Crippen LogP contribution in [0.3, 0.4) is 0 Å². The SMILES string of the molecule is CCCNC(=O)c1nc(-c2cnccn2)no1. The largest absolute Gasteiger partial charge is 0.348 e. The van der Waals surface area contributed by atoms with Crippen molar-refractivity contribution in [2.75, 3.05) is 6.54 Å². The zero-order valence-corrected chi connectivity index (χ0v) is 9.25. The van der Waals surface area contributed by atoms with E-state index in [1.54, 1.807) is 6.20 Å². The molecule has 7 nitrogen and oxygen atoms in total. The number of nitrogens with zero attached hydrogens (tertiary/aromatic N) is 4. The summed E-state index contributed by atoms with van der Waals surface area (Å²) >= 11 is 0. The normalized spacial score (nSPS) is 10.2. The van der Waals surface area contributed by atoms with E-state index in [0.29, 0.717) is 12.2 Å². The lowest BCUT2D eigenvalue weighted by atomic mass is 10.4. The van der Waals surface area contributed by atoms with Crippen molar-refractivity contribution in [1.29, 1.82) is 0 Å². The van der Waals surface area contributed by atoms with Gasteiger partial charge < -0.3 is 9.84 Å². The van der Waals surface area contributed by atoms with E-state index in [1.165, 1.54) is 12.4 Å². The minimum atomic E-state index is -0.380. The molecule has 0 aromatic carbocycles. The highest BCUT2D eigenvalue weighted by molar-refractivity contribution is 5.89. The van der Waals surface area contributed by atoms with Crippen molar-refractivity contribution in [2.24, 2.45) is 0 Å². The predicted octanol–water partition coefficient (Wildman–Crippen LogP) is 0.666. The van der Waals surface area contributed by atoms with Gasteiger partial charge in [-0.15, -0.1) is 0 Å². The van der Waals surface area contributed by atoms with Crippen LogP contribution in [-0.4, -0.2) is 32.6 Å². The Hall–Kier alpha value is -2.31. The van der Waals surface area contributed by atoms with Gasteiger partial charge in [0.05, 0.1) is 6.20 Å². The number of rotatable bonds is 4. The molecule has 2 rings (SSSR count). The molecular formula is C10H11N5O2. The van der Waals surface area contributed by atoms with Crippen LogP contribution < -0.4 is 5.32 Å². The lowest BCUT2D eigenvalue weighted by Gasteiger charge is -1.96. The Morgan fingerprint density at radius 1 is 1.47 bits per heavy atom. The molecule has 0 spiro atoms. The first-order chi connectivity index (χ1) is 8.31. The summed E-state index contributed by atoms with van der Waals surface area (Å²) in [5.41, 5.74) is 0.464. The lowest BCUT2D eigenvalue weighted by molar-refractivity contribution is 0.0910. The van der Waals surface area contributed by atoms with Gasteiger partial charge in [-0.2, -0.15) is 4.98 Å². The molecule has 0 aliphatic heterocycles.